The molecule has 1 aromatic carbocycles. The van der Waals surface area contributed by atoms with Gasteiger partial charge in [-0.25, -0.2) is 0 Å². The van der Waals surface area contributed by atoms with Crippen molar-refractivity contribution in [3.63, 3.8) is 0 Å². The summed E-state index contributed by atoms with van der Waals surface area (Å²) in [6.07, 6.45) is 4.70. The molecule has 3 heteroatoms. The summed E-state index contributed by atoms with van der Waals surface area (Å²) in [5, 5.41) is 10.2. The van der Waals surface area contributed by atoms with Gasteiger partial charge in [-0.05, 0) is 50.3 Å². The molecule has 3 nitrogen and oxygen atoms in total. The number of hydrogen-bond acceptors (Lipinski definition) is 3. The van der Waals surface area contributed by atoms with E-state index in [1.54, 1.807) is 0 Å². The van der Waals surface area contributed by atoms with E-state index in [1.807, 2.05) is 38.1 Å². The lowest BCUT2D eigenvalue weighted by atomic mass is 9.89. The van der Waals surface area contributed by atoms with E-state index in [0.717, 1.165) is 30.1 Å². The van der Waals surface area contributed by atoms with E-state index in [0.29, 0.717) is 12.7 Å². The Bertz CT molecular complexity index is 413. The van der Waals surface area contributed by atoms with Crippen molar-refractivity contribution in [1.29, 1.82) is 0 Å². The largest absolute Gasteiger partial charge is 0.491 e. The summed E-state index contributed by atoms with van der Waals surface area (Å²) in [5.41, 5.74) is 0.884. The van der Waals surface area contributed by atoms with Crippen LogP contribution in [0.25, 0.3) is 0 Å². The van der Waals surface area contributed by atoms with Crippen molar-refractivity contribution in [1.82, 2.24) is 0 Å². The van der Waals surface area contributed by atoms with Crippen molar-refractivity contribution >= 4 is 0 Å². The zero-order valence-electron chi connectivity index (χ0n) is 13.4. The molecule has 1 fully saturated rings. The van der Waals surface area contributed by atoms with Crippen LogP contribution in [0.1, 0.15) is 58.1 Å². The number of aliphatic hydroxyl groups excluding tert-OH is 1. The minimum atomic E-state index is -0.560. The quantitative estimate of drug-likeness (QED) is 0.858. The average Bonchev–Trinajstić information content (AvgIpc) is 2.45. The summed E-state index contributed by atoms with van der Waals surface area (Å²) in [4.78, 5) is 0. The van der Waals surface area contributed by atoms with Gasteiger partial charge < -0.3 is 14.6 Å². The van der Waals surface area contributed by atoms with Crippen molar-refractivity contribution in [2.75, 3.05) is 6.61 Å². The van der Waals surface area contributed by atoms with Gasteiger partial charge in [0.15, 0.2) is 0 Å². The highest BCUT2D eigenvalue weighted by atomic mass is 16.5. The van der Waals surface area contributed by atoms with Crippen molar-refractivity contribution in [3.8, 4) is 5.75 Å². The zero-order chi connectivity index (χ0) is 15.2. The minimum Gasteiger partial charge on any atom is -0.491 e. The predicted octanol–water partition coefficient (Wildman–Crippen LogP) is 4.10. The topological polar surface area (TPSA) is 38.7 Å². The van der Waals surface area contributed by atoms with Gasteiger partial charge in [0, 0.05) is 0 Å². The maximum Gasteiger partial charge on any atom is 0.119 e. The molecule has 1 saturated carbocycles. The number of benzene rings is 1. The van der Waals surface area contributed by atoms with Crippen molar-refractivity contribution in [2.45, 2.75) is 64.8 Å². The third-order valence-electron chi connectivity index (χ3n) is 4.01. The van der Waals surface area contributed by atoms with Gasteiger partial charge in [0.2, 0.25) is 0 Å². The van der Waals surface area contributed by atoms with Crippen LogP contribution in [0, 0.1) is 5.92 Å². The molecule has 1 N–H and O–H groups in total. The molecule has 0 spiro atoms. The molecule has 0 radical (unpaired) electrons. The van der Waals surface area contributed by atoms with E-state index in [-0.39, 0.29) is 6.10 Å². The maximum atomic E-state index is 10.2. The first-order valence-electron chi connectivity index (χ1n) is 8.11. The highest BCUT2D eigenvalue weighted by Crippen LogP contribution is 2.27. The number of rotatable bonds is 6. The molecule has 0 saturated heterocycles. The van der Waals surface area contributed by atoms with Crippen LogP contribution in [0.3, 0.4) is 0 Å². The first kappa shape index (κ1) is 16.3. The molecular weight excluding hydrogens is 264 g/mol. The van der Waals surface area contributed by atoms with Crippen LogP contribution >= 0.6 is 0 Å². The van der Waals surface area contributed by atoms with Gasteiger partial charge in [-0.1, -0.05) is 31.9 Å². The van der Waals surface area contributed by atoms with Gasteiger partial charge >= 0.3 is 0 Å². The van der Waals surface area contributed by atoms with Crippen LogP contribution in [-0.4, -0.2) is 23.9 Å². The summed E-state index contributed by atoms with van der Waals surface area (Å²) in [6.45, 7) is 6.66. The van der Waals surface area contributed by atoms with Gasteiger partial charge in [-0.15, -0.1) is 0 Å². The zero-order valence-corrected chi connectivity index (χ0v) is 13.4. The molecule has 1 aromatic rings. The molecular formula is C18H28O3. The smallest absolute Gasteiger partial charge is 0.119 e. The average molecular weight is 292 g/mol. The number of aliphatic hydroxyl groups is 1. The molecule has 21 heavy (non-hydrogen) atoms. The normalized spacial score (nSPS) is 24.0. The maximum absolute atomic E-state index is 10.2. The van der Waals surface area contributed by atoms with Crippen LogP contribution in [0.2, 0.25) is 0 Å². The lowest BCUT2D eigenvalue weighted by Crippen LogP contribution is -2.23. The second kappa shape index (κ2) is 7.81. The molecule has 0 aromatic heterocycles. The third kappa shape index (κ3) is 5.33. The van der Waals surface area contributed by atoms with Crippen LogP contribution < -0.4 is 4.74 Å². The predicted molar refractivity (Wildman–Crippen MR) is 84.5 cm³/mol. The van der Waals surface area contributed by atoms with E-state index < -0.39 is 6.10 Å². The fraction of sp³-hybridized carbons (Fsp3) is 0.667. The Kier molecular flexibility index (Phi) is 6.07. The van der Waals surface area contributed by atoms with Gasteiger partial charge in [0.1, 0.15) is 11.9 Å². The molecule has 118 valence electrons. The Hall–Kier alpha value is -1.06. The molecule has 0 aliphatic heterocycles. The van der Waals surface area contributed by atoms with Crippen molar-refractivity contribution < 1.29 is 14.6 Å². The summed E-state index contributed by atoms with van der Waals surface area (Å²) < 4.78 is 11.5. The van der Waals surface area contributed by atoms with E-state index >= 15 is 0 Å². The Morgan fingerprint density at radius 1 is 1.19 bits per heavy atom. The van der Waals surface area contributed by atoms with Crippen LogP contribution in [0.4, 0.5) is 0 Å². The van der Waals surface area contributed by atoms with Crippen LogP contribution in [-0.2, 0) is 4.74 Å². The van der Waals surface area contributed by atoms with E-state index in [9.17, 15) is 5.11 Å². The van der Waals surface area contributed by atoms with Gasteiger partial charge in [0.25, 0.3) is 0 Å². The molecule has 0 amide bonds. The van der Waals surface area contributed by atoms with Gasteiger partial charge in [-0.3, -0.25) is 0 Å². The van der Waals surface area contributed by atoms with Crippen LogP contribution in [0.5, 0.6) is 5.75 Å². The number of ether oxygens (including phenoxy) is 2. The second-order valence-electron chi connectivity index (χ2n) is 6.48. The molecule has 0 heterocycles. The lowest BCUT2D eigenvalue weighted by molar-refractivity contribution is -0.0322. The monoisotopic (exact) mass is 292 g/mol. The molecule has 1 aliphatic carbocycles. The van der Waals surface area contributed by atoms with Crippen molar-refractivity contribution in [2.24, 2.45) is 5.92 Å². The SMILES string of the molecule is CC1CCCC(OCC(O)c2ccc(OC(C)C)cc2)C1. The van der Waals surface area contributed by atoms with E-state index in [2.05, 4.69) is 6.92 Å². The minimum absolute atomic E-state index is 0.164. The third-order valence-corrected chi connectivity index (χ3v) is 4.01. The van der Waals surface area contributed by atoms with Crippen LogP contribution in [0.15, 0.2) is 24.3 Å². The Morgan fingerprint density at radius 2 is 1.90 bits per heavy atom. The van der Waals surface area contributed by atoms with Crippen molar-refractivity contribution in [3.05, 3.63) is 29.8 Å². The Labute approximate surface area is 128 Å². The number of hydrogen-bond donors (Lipinski definition) is 1. The molecule has 3 unspecified atom stereocenters. The highest BCUT2D eigenvalue weighted by molar-refractivity contribution is 5.28. The summed E-state index contributed by atoms with van der Waals surface area (Å²) in [5.74, 6) is 1.58. The lowest BCUT2D eigenvalue weighted by Gasteiger charge is -2.27. The molecule has 2 rings (SSSR count). The molecule has 0 bridgehead atoms. The van der Waals surface area contributed by atoms with E-state index in [4.69, 9.17) is 9.47 Å². The molecule has 1 aliphatic rings. The second-order valence-corrected chi connectivity index (χ2v) is 6.48. The summed E-state index contributed by atoms with van der Waals surface area (Å²) in [7, 11) is 0. The fourth-order valence-corrected chi connectivity index (χ4v) is 2.89. The standard InChI is InChI=1S/C18H28O3/c1-13(2)21-16-9-7-15(8-10-16)18(19)12-20-17-6-4-5-14(3)11-17/h7-10,13-14,17-19H,4-6,11-12H2,1-3H3. The first-order valence-corrected chi connectivity index (χ1v) is 8.11. The highest BCUT2D eigenvalue weighted by Gasteiger charge is 2.20. The van der Waals surface area contributed by atoms with Gasteiger partial charge in [0.05, 0.1) is 18.8 Å². The summed E-state index contributed by atoms with van der Waals surface area (Å²) >= 11 is 0. The summed E-state index contributed by atoms with van der Waals surface area (Å²) in [6, 6.07) is 7.63. The first-order chi connectivity index (χ1) is 10.0. The van der Waals surface area contributed by atoms with E-state index in [1.165, 1.54) is 12.8 Å². The Balaban J connectivity index is 1.81. The molecule has 3 atom stereocenters. The van der Waals surface area contributed by atoms with Gasteiger partial charge in [-0.2, -0.15) is 0 Å². The fourth-order valence-electron chi connectivity index (χ4n) is 2.89. The Morgan fingerprint density at radius 3 is 2.52 bits per heavy atom.